The number of ether oxygens (including phenoxy) is 1. The third-order valence-electron chi connectivity index (χ3n) is 7.51. The lowest BCUT2D eigenvalue weighted by Gasteiger charge is -2.33. The highest BCUT2D eigenvalue weighted by molar-refractivity contribution is 5.79. The lowest BCUT2D eigenvalue weighted by molar-refractivity contribution is 0.0849. The first kappa shape index (κ1) is 20.7. The number of rotatable bonds is 4. The number of benzene rings is 3. The summed E-state index contributed by atoms with van der Waals surface area (Å²) in [5.74, 6) is 0.0808. The number of hydrogen-bond acceptors (Lipinski definition) is 3. The molecule has 2 aliphatic heterocycles. The van der Waals surface area contributed by atoms with Gasteiger partial charge in [0.2, 0.25) is 0 Å². The van der Waals surface area contributed by atoms with Crippen LogP contribution in [0, 0.1) is 11.3 Å². The van der Waals surface area contributed by atoms with Crippen molar-refractivity contribution < 1.29 is 9.53 Å². The molecule has 1 saturated heterocycles. The van der Waals surface area contributed by atoms with Crippen LogP contribution in [0.2, 0.25) is 0 Å². The number of hydrogen-bond donors (Lipinski definition) is 0. The van der Waals surface area contributed by atoms with Gasteiger partial charge in [0.15, 0.2) is 0 Å². The summed E-state index contributed by atoms with van der Waals surface area (Å²) in [6.45, 7) is 0.361. The Morgan fingerprint density at radius 1 is 0.971 bits per heavy atom. The first-order valence-electron chi connectivity index (χ1n) is 12.0. The summed E-state index contributed by atoms with van der Waals surface area (Å²) in [5.41, 5.74) is 8.15. The van der Waals surface area contributed by atoms with Crippen LogP contribution < -0.4 is 0 Å². The zero-order valence-corrected chi connectivity index (χ0v) is 19.0. The predicted molar refractivity (Wildman–Crippen MR) is 131 cm³/mol. The zero-order chi connectivity index (χ0) is 23.1. The molecule has 4 nitrogen and oxygen atoms in total. The number of carbonyl (C=O) groups excluding carboxylic acids is 1. The molecule has 0 N–H and O–H groups in total. The van der Waals surface area contributed by atoms with E-state index in [2.05, 4.69) is 66.7 Å². The first-order valence-corrected chi connectivity index (χ1v) is 12.0. The van der Waals surface area contributed by atoms with E-state index in [4.69, 9.17) is 4.74 Å². The molecule has 2 heterocycles. The van der Waals surface area contributed by atoms with Crippen molar-refractivity contribution in [3.05, 3.63) is 107 Å². The Labute approximate surface area is 200 Å². The molecule has 1 aliphatic carbocycles. The van der Waals surface area contributed by atoms with Gasteiger partial charge in [-0.1, -0.05) is 72.3 Å². The second-order valence-electron chi connectivity index (χ2n) is 9.53. The van der Waals surface area contributed by atoms with Gasteiger partial charge in [-0.15, -0.1) is 0 Å². The van der Waals surface area contributed by atoms with Gasteiger partial charge in [-0.25, -0.2) is 4.79 Å². The van der Waals surface area contributed by atoms with Gasteiger partial charge < -0.3 is 4.74 Å². The molecule has 0 aromatic heterocycles. The molecule has 2 bridgehead atoms. The average molecular weight is 447 g/mol. The number of fused-ring (bicyclic) bond motifs is 5. The fourth-order valence-corrected chi connectivity index (χ4v) is 6.02. The van der Waals surface area contributed by atoms with Gasteiger partial charge in [0.05, 0.1) is 17.7 Å². The zero-order valence-electron chi connectivity index (χ0n) is 19.0. The van der Waals surface area contributed by atoms with E-state index in [-0.39, 0.29) is 24.1 Å². The third kappa shape index (κ3) is 3.58. The Morgan fingerprint density at radius 3 is 2.41 bits per heavy atom. The minimum Gasteiger partial charge on any atom is -0.448 e. The average Bonchev–Trinajstić information content (AvgIpc) is 3.34. The molecule has 0 radical (unpaired) electrons. The monoisotopic (exact) mass is 446 g/mol. The molecule has 4 heteroatoms. The Hall–Kier alpha value is -3.84. The van der Waals surface area contributed by atoms with Crippen LogP contribution >= 0.6 is 0 Å². The molecule has 3 aromatic carbocycles. The van der Waals surface area contributed by atoms with E-state index < -0.39 is 0 Å². The summed E-state index contributed by atoms with van der Waals surface area (Å²) >= 11 is 0. The van der Waals surface area contributed by atoms with Crippen molar-refractivity contribution in [3.63, 3.8) is 0 Å². The lowest BCUT2D eigenvalue weighted by Crippen LogP contribution is -2.44. The number of amides is 1. The molecular weight excluding hydrogens is 420 g/mol. The van der Waals surface area contributed by atoms with Gasteiger partial charge in [-0.05, 0) is 65.6 Å². The SMILES string of the molecule is N#Cc1cccc(CC2=CC3CCC(C2)N3C(=O)OCC2c3ccccc3-c3ccccc32)c1. The summed E-state index contributed by atoms with van der Waals surface area (Å²) < 4.78 is 5.97. The Balaban J connectivity index is 1.16. The highest BCUT2D eigenvalue weighted by Gasteiger charge is 2.41. The molecule has 1 amide bonds. The smallest absolute Gasteiger partial charge is 0.410 e. The molecule has 2 unspecified atom stereocenters. The van der Waals surface area contributed by atoms with E-state index in [0.717, 1.165) is 31.2 Å². The molecule has 2 atom stereocenters. The minimum absolute atomic E-state index is 0.0808. The minimum atomic E-state index is -0.198. The largest absolute Gasteiger partial charge is 0.448 e. The maximum Gasteiger partial charge on any atom is 0.410 e. The summed E-state index contributed by atoms with van der Waals surface area (Å²) in [6.07, 6.45) is 5.75. The molecule has 6 rings (SSSR count). The van der Waals surface area contributed by atoms with Crippen molar-refractivity contribution in [1.29, 1.82) is 5.26 Å². The molecular formula is C30H26N2O2. The van der Waals surface area contributed by atoms with E-state index in [9.17, 15) is 10.1 Å². The van der Waals surface area contributed by atoms with Gasteiger partial charge in [0, 0.05) is 12.0 Å². The van der Waals surface area contributed by atoms with Crippen LogP contribution in [-0.2, 0) is 11.2 Å². The van der Waals surface area contributed by atoms with Crippen molar-refractivity contribution in [2.45, 2.75) is 43.7 Å². The number of nitrogens with zero attached hydrogens (tertiary/aromatic N) is 2. The number of carbonyl (C=O) groups is 1. The van der Waals surface area contributed by atoms with E-state index in [1.807, 2.05) is 23.1 Å². The Bertz CT molecular complexity index is 1290. The third-order valence-corrected chi connectivity index (χ3v) is 7.51. The summed E-state index contributed by atoms with van der Waals surface area (Å²) in [4.78, 5) is 15.2. The second-order valence-corrected chi connectivity index (χ2v) is 9.53. The molecule has 34 heavy (non-hydrogen) atoms. The van der Waals surface area contributed by atoms with Crippen molar-refractivity contribution in [2.24, 2.45) is 0 Å². The van der Waals surface area contributed by atoms with Gasteiger partial charge in [0.1, 0.15) is 6.61 Å². The lowest BCUT2D eigenvalue weighted by atomic mass is 9.95. The standard InChI is InChI=1S/C30H26N2O2/c31-18-21-7-5-6-20(14-21)15-22-16-23-12-13-24(17-22)32(23)30(33)34-19-29-27-10-3-1-8-25(27)26-9-2-4-11-28(26)29/h1-11,14,16,23-24,29H,12-13,15,17,19H2. The van der Waals surface area contributed by atoms with E-state index in [0.29, 0.717) is 12.2 Å². The normalized spacial score (nSPS) is 20.3. The topological polar surface area (TPSA) is 53.3 Å². The van der Waals surface area contributed by atoms with Gasteiger partial charge in [0.25, 0.3) is 0 Å². The second kappa shape index (κ2) is 8.50. The number of nitriles is 1. The van der Waals surface area contributed by atoms with E-state index >= 15 is 0 Å². The first-order chi connectivity index (χ1) is 16.7. The van der Waals surface area contributed by atoms with Crippen molar-refractivity contribution in [2.75, 3.05) is 6.61 Å². The van der Waals surface area contributed by atoms with E-state index in [1.165, 1.54) is 27.8 Å². The molecule has 3 aliphatic rings. The van der Waals surface area contributed by atoms with E-state index in [1.54, 1.807) is 0 Å². The fourth-order valence-electron chi connectivity index (χ4n) is 6.02. The van der Waals surface area contributed by atoms with Crippen LogP contribution in [0.1, 0.15) is 47.4 Å². The highest BCUT2D eigenvalue weighted by atomic mass is 16.6. The Kier molecular flexibility index (Phi) is 5.19. The molecule has 168 valence electrons. The quantitative estimate of drug-likeness (QED) is 0.448. The molecule has 1 fully saturated rings. The van der Waals surface area contributed by atoms with Crippen molar-refractivity contribution in [3.8, 4) is 17.2 Å². The van der Waals surface area contributed by atoms with Crippen LogP contribution in [0.3, 0.4) is 0 Å². The van der Waals surface area contributed by atoms with Crippen molar-refractivity contribution >= 4 is 6.09 Å². The summed E-state index contributed by atoms with van der Waals surface area (Å²) in [5, 5.41) is 9.17. The van der Waals surface area contributed by atoms with Crippen LogP contribution in [0.15, 0.2) is 84.4 Å². The summed E-state index contributed by atoms with van der Waals surface area (Å²) in [6, 6.07) is 27.2. The van der Waals surface area contributed by atoms with Crippen LogP contribution in [-0.4, -0.2) is 29.7 Å². The van der Waals surface area contributed by atoms with Gasteiger partial charge in [-0.2, -0.15) is 5.26 Å². The molecule has 3 aromatic rings. The predicted octanol–water partition coefficient (Wildman–Crippen LogP) is 6.21. The fraction of sp³-hybridized carbons (Fsp3) is 0.267. The van der Waals surface area contributed by atoms with Crippen LogP contribution in [0.5, 0.6) is 0 Å². The maximum absolute atomic E-state index is 13.2. The van der Waals surface area contributed by atoms with Crippen LogP contribution in [0.4, 0.5) is 4.79 Å². The van der Waals surface area contributed by atoms with Gasteiger partial charge in [-0.3, -0.25) is 4.90 Å². The molecule has 0 spiro atoms. The molecule has 0 saturated carbocycles. The van der Waals surface area contributed by atoms with Crippen LogP contribution in [0.25, 0.3) is 11.1 Å². The maximum atomic E-state index is 13.2. The van der Waals surface area contributed by atoms with Gasteiger partial charge >= 0.3 is 6.09 Å². The van der Waals surface area contributed by atoms with Crippen molar-refractivity contribution in [1.82, 2.24) is 4.90 Å². The summed E-state index contributed by atoms with van der Waals surface area (Å²) in [7, 11) is 0. The highest BCUT2D eigenvalue weighted by Crippen LogP contribution is 2.45. The Morgan fingerprint density at radius 2 is 1.71 bits per heavy atom.